The monoisotopic (exact) mass is 257 g/mol. The molecule has 4 heteroatoms. The van der Waals surface area contributed by atoms with Crippen LogP contribution in [0.5, 0.6) is 0 Å². The van der Waals surface area contributed by atoms with E-state index in [-0.39, 0.29) is 5.92 Å². The fourth-order valence-corrected chi connectivity index (χ4v) is 2.57. The zero-order valence-electron chi connectivity index (χ0n) is 11.5. The van der Waals surface area contributed by atoms with Crippen molar-refractivity contribution in [2.24, 2.45) is 11.8 Å². The minimum atomic E-state index is -0.645. The zero-order valence-corrected chi connectivity index (χ0v) is 11.5. The highest BCUT2D eigenvalue weighted by molar-refractivity contribution is 5.69. The van der Waals surface area contributed by atoms with Gasteiger partial charge in [-0.05, 0) is 51.2 Å². The lowest BCUT2D eigenvalue weighted by atomic mass is 9.95. The van der Waals surface area contributed by atoms with E-state index in [0.717, 1.165) is 58.2 Å². The highest BCUT2D eigenvalue weighted by atomic mass is 16.4. The number of unbranched alkanes of at least 4 members (excludes halogenated alkanes) is 1. The zero-order chi connectivity index (χ0) is 13.4. The summed E-state index contributed by atoms with van der Waals surface area (Å²) >= 11 is 0. The van der Waals surface area contributed by atoms with Crippen molar-refractivity contribution in [2.75, 3.05) is 26.2 Å². The van der Waals surface area contributed by atoms with Crippen molar-refractivity contribution in [2.45, 2.75) is 45.4 Å². The summed E-state index contributed by atoms with van der Waals surface area (Å²) in [6.07, 6.45) is 5.72. The van der Waals surface area contributed by atoms with Crippen LogP contribution in [0.25, 0.3) is 0 Å². The topological polar surface area (TPSA) is 60.8 Å². The lowest BCUT2D eigenvalue weighted by Crippen LogP contribution is -2.36. The van der Waals surface area contributed by atoms with Crippen molar-refractivity contribution in [1.82, 2.24) is 4.90 Å². The summed E-state index contributed by atoms with van der Waals surface area (Å²) in [6.45, 7) is 5.29. The quantitative estimate of drug-likeness (QED) is 0.698. The van der Waals surface area contributed by atoms with Crippen LogP contribution in [0.1, 0.15) is 45.4 Å². The molecule has 1 rings (SSSR count). The maximum absolute atomic E-state index is 11.1. The van der Waals surface area contributed by atoms with Crippen molar-refractivity contribution in [3.63, 3.8) is 0 Å². The van der Waals surface area contributed by atoms with Crippen LogP contribution in [0.15, 0.2) is 0 Å². The number of hydrogen-bond acceptors (Lipinski definition) is 3. The second-order valence-corrected chi connectivity index (χ2v) is 5.43. The molecule has 1 fully saturated rings. The largest absolute Gasteiger partial charge is 0.481 e. The predicted molar refractivity (Wildman–Crippen MR) is 71.5 cm³/mol. The molecule has 0 bridgehead atoms. The first-order valence-corrected chi connectivity index (χ1v) is 7.23. The van der Waals surface area contributed by atoms with Crippen LogP contribution in [0.3, 0.4) is 0 Å². The number of aliphatic hydroxyl groups excluding tert-OH is 1. The van der Waals surface area contributed by atoms with E-state index in [1.165, 1.54) is 0 Å². The van der Waals surface area contributed by atoms with Gasteiger partial charge in [0.2, 0.25) is 0 Å². The standard InChI is InChI=1S/C14H27NO3/c1-2-3-4-13(14(17)18)7-10-15-8-5-12(11-16)6-9-15/h12-13,16H,2-11H2,1H3,(H,17,18). The van der Waals surface area contributed by atoms with E-state index in [1.54, 1.807) is 0 Å². The van der Waals surface area contributed by atoms with Gasteiger partial charge < -0.3 is 15.1 Å². The fourth-order valence-electron chi connectivity index (χ4n) is 2.57. The second-order valence-electron chi connectivity index (χ2n) is 5.43. The molecule has 18 heavy (non-hydrogen) atoms. The van der Waals surface area contributed by atoms with Crippen molar-refractivity contribution in [1.29, 1.82) is 0 Å². The lowest BCUT2D eigenvalue weighted by molar-refractivity contribution is -0.142. The molecule has 2 N–H and O–H groups in total. The van der Waals surface area contributed by atoms with Gasteiger partial charge in [-0.25, -0.2) is 0 Å². The van der Waals surface area contributed by atoms with E-state index in [4.69, 9.17) is 10.2 Å². The molecule has 1 aliphatic rings. The SMILES string of the molecule is CCCCC(CCN1CCC(CO)CC1)C(=O)O. The highest BCUT2D eigenvalue weighted by Gasteiger charge is 2.21. The highest BCUT2D eigenvalue weighted by Crippen LogP contribution is 2.19. The molecule has 0 spiro atoms. The molecule has 1 aliphatic heterocycles. The second kappa shape index (κ2) is 8.48. The van der Waals surface area contributed by atoms with Crippen LogP contribution < -0.4 is 0 Å². The molecule has 0 saturated carbocycles. The smallest absolute Gasteiger partial charge is 0.306 e. The molecule has 1 unspecified atom stereocenters. The summed E-state index contributed by atoms with van der Waals surface area (Å²) in [5.41, 5.74) is 0. The minimum Gasteiger partial charge on any atom is -0.481 e. The molecule has 0 aromatic carbocycles. The summed E-state index contributed by atoms with van der Waals surface area (Å²) in [5.74, 6) is -0.370. The molecular weight excluding hydrogens is 230 g/mol. The van der Waals surface area contributed by atoms with Gasteiger partial charge in [0.05, 0.1) is 5.92 Å². The van der Waals surface area contributed by atoms with E-state index in [1.807, 2.05) is 0 Å². The number of carboxylic acid groups (broad SMARTS) is 1. The number of rotatable bonds is 8. The molecule has 0 radical (unpaired) electrons. The summed E-state index contributed by atoms with van der Waals surface area (Å²) in [4.78, 5) is 13.5. The van der Waals surface area contributed by atoms with Gasteiger partial charge in [-0.1, -0.05) is 19.8 Å². The molecule has 1 heterocycles. The Labute approximate surface area is 110 Å². The number of likely N-dealkylation sites (tertiary alicyclic amines) is 1. The van der Waals surface area contributed by atoms with Gasteiger partial charge in [0, 0.05) is 6.61 Å². The third-order valence-electron chi connectivity index (χ3n) is 4.01. The molecular formula is C14H27NO3. The van der Waals surface area contributed by atoms with E-state index in [9.17, 15) is 4.79 Å². The molecule has 0 aromatic rings. The molecule has 1 saturated heterocycles. The van der Waals surface area contributed by atoms with Gasteiger partial charge >= 0.3 is 5.97 Å². The van der Waals surface area contributed by atoms with Crippen molar-refractivity contribution in [3.05, 3.63) is 0 Å². The predicted octanol–water partition coefficient (Wildman–Crippen LogP) is 1.97. The van der Waals surface area contributed by atoms with E-state index >= 15 is 0 Å². The van der Waals surface area contributed by atoms with Crippen LogP contribution in [0, 0.1) is 11.8 Å². The van der Waals surface area contributed by atoms with Gasteiger partial charge in [-0.2, -0.15) is 0 Å². The fraction of sp³-hybridized carbons (Fsp3) is 0.929. The lowest BCUT2D eigenvalue weighted by Gasteiger charge is -2.31. The third kappa shape index (κ3) is 5.36. The van der Waals surface area contributed by atoms with Crippen LogP contribution in [0.4, 0.5) is 0 Å². The number of nitrogens with zero attached hydrogens (tertiary/aromatic N) is 1. The molecule has 0 aliphatic carbocycles. The van der Waals surface area contributed by atoms with Gasteiger partial charge in [0.1, 0.15) is 0 Å². The Morgan fingerprint density at radius 1 is 1.33 bits per heavy atom. The Morgan fingerprint density at radius 3 is 2.50 bits per heavy atom. The Balaban J connectivity index is 2.23. The third-order valence-corrected chi connectivity index (χ3v) is 4.01. The first kappa shape index (κ1) is 15.4. The Morgan fingerprint density at radius 2 is 2.00 bits per heavy atom. The molecule has 4 nitrogen and oxygen atoms in total. The van der Waals surface area contributed by atoms with E-state index < -0.39 is 5.97 Å². The average Bonchev–Trinajstić information content (AvgIpc) is 2.39. The first-order chi connectivity index (χ1) is 8.67. The first-order valence-electron chi connectivity index (χ1n) is 7.23. The van der Waals surface area contributed by atoms with E-state index in [2.05, 4.69) is 11.8 Å². The minimum absolute atomic E-state index is 0.180. The Hall–Kier alpha value is -0.610. The van der Waals surface area contributed by atoms with Crippen molar-refractivity contribution < 1.29 is 15.0 Å². The van der Waals surface area contributed by atoms with Gasteiger partial charge in [0.25, 0.3) is 0 Å². The Kier molecular flexibility index (Phi) is 7.28. The molecule has 106 valence electrons. The van der Waals surface area contributed by atoms with Gasteiger partial charge in [-0.3, -0.25) is 4.79 Å². The van der Waals surface area contributed by atoms with Gasteiger partial charge in [-0.15, -0.1) is 0 Å². The average molecular weight is 257 g/mol. The normalized spacial score (nSPS) is 19.9. The number of hydrogen-bond donors (Lipinski definition) is 2. The number of carboxylic acids is 1. The number of piperidine rings is 1. The van der Waals surface area contributed by atoms with Crippen LogP contribution in [0.2, 0.25) is 0 Å². The van der Waals surface area contributed by atoms with Gasteiger partial charge in [0.15, 0.2) is 0 Å². The summed E-state index contributed by atoms with van der Waals surface area (Å²) < 4.78 is 0. The summed E-state index contributed by atoms with van der Waals surface area (Å²) in [5, 5.41) is 18.2. The van der Waals surface area contributed by atoms with Crippen LogP contribution in [-0.2, 0) is 4.79 Å². The number of aliphatic carboxylic acids is 1. The number of aliphatic hydroxyl groups is 1. The van der Waals surface area contributed by atoms with Crippen LogP contribution >= 0.6 is 0 Å². The van der Waals surface area contributed by atoms with Crippen molar-refractivity contribution >= 4 is 5.97 Å². The maximum atomic E-state index is 11.1. The summed E-state index contributed by atoms with van der Waals surface area (Å²) in [6, 6.07) is 0. The van der Waals surface area contributed by atoms with Crippen molar-refractivity contribution in [3.8, 4) is 0 Å². The Bertz CT molecular complexity index is 237. The molecule has 0 amide bonds. The molecule has 1 atom stereocenters. The molecule has 0 aromatic heterocycles. The number of carbonyl (C=O) groups is 1. The van der Waals surface area contributed by atoms with E-state index in [0.29, 0.717) is 12.5 Å². The summed E-state index contributed by atoms with van der Waals surface area (Å²) in [7, 11) is 0. The van der Waals surface area contributed by atoms with Crippen LogP contribution in [-0.4, -0.2) is 47.3 Å². The maximum Gasteiger partial charge on any atom is 0.306 e.